The highest BCUT2D eigenvalue weighted by atomic mass is 16.3. The van der Waals surface area contributed by atoms with Gasteiger partial charge in [-0.1, -0.05) is 19.1 Å². The molecule has 2 saturated carbocycles. The molecule has 0 aromatic heterocycles. The van der Waals surface area contributed by atoms with Crippen LogP contribution in [0.15, 0.2) is 18.7 Å². The van der Waals surface area contributed by atoms with Crippen LogP contribution in [0.3, 0.4) is 0 Å². The molecule has 128 valence electrons. The minimum Gasteiger partial charge on any atom is -0.507 e. The van der Waals surface area contributed by atoms with Gasteiger partial charge in [-0.3, -0.25) is 4.79 Å². The van der Waals surface area contributed by atoms with Crippen molar-refractivity contribution in [2.45, 2.75) is 64.7 Å². The highest BCUT2D eigenvalue weighted by Gasteiger charge is 2.55. The van der Waals surface area contributed by atoms with Gasteiger partial charge in [-0.15, -0.1) is 6.58 Å². The number of hydrogen-bond acceptors (Lipinski definition) is 2. The highest BCUT2D eigenvalue weighted by molar-refractivity contribution is 5.87. The quantitative estimate of drug-likeness (QED) is 0.789. The van der Waals surface area contributed by atoms with E-state index in [9.17, 15) is 9.90 Å². The Morgan fingerprint density at radius 2 is 2.12 bits per heavy atom. The van der Waals surface area contributed by atoms with Gasteiger partial charge in [0.25, 0.3) is 0 Å². The molecule has 4 rings (SSSR count). The zero-order valence-electron chi connectivity index (χ0n) is 14.9. The zero-order valence-corrected chi connectivity index (χ0v) is 14.9. The molecule has 3 aliphatic rings. The summed E-state index contributed by atoms with van der Waals surface area (Å²) in [4.78, 5) is 12.5. The SMILES string of the molecule is C=CCc1cc(C)c2c(c1O)C1CCC3(C)C(=O)CCC3C1CC2. The van der Waals surface area contributed by atoms with Gasteiger partial charge >= 0.3 is 0 Å². The van der Waals surface area contributed by atoms with Crippen molar-refractivity contribution < 1.29 is 9.90 Å². The molecule has 0 radical (unpaired) electrons. The number of rotatable bonds is 2. The van der Waals surface area contributed by atoms with E-state index in [-0.39, 0.29) is 5.41 Å². The minimum atomic E-state index is -0.0952. The maximum atomic E-state index is 12.5. The van der Waals surface area contributed by atoms with Crippen LogP contribution in [0.2, 0.25) is 0 Å². The van der Waals surface area contributed by atoms with Crippen LogP contribution < -0.4 is 0 Å². The number of ketones is 1. The molecule has 1 aromatic rings. The molecule has 0 heterocycles. The first-order chi connectivity index (χ1) is 11.5. The summed E-state index contributed by atoms with van der Waals surface area (Å²) < 4.78 is 0. The largest absolute Gasteiger partial charge is 0.507 e. The Hall–Kier alpha value is -1.57. The number of fused-ring (bicyclic) bond motifs is 5. The number of Topliss-reactive ketones (excluding diaryl/α,β-unsaturated/α-hetero) is 1. The van der Waals surface area contributed by atoms with Crippen molar-refractivity contribution in [3.05, 3.63) is 41.0 Å². The van der Waals surface area contributed by atoms with Crippen LogP contribution in [0.4, 0.5) is 0 Å². The Balaban J connectivity index is 1.79. The Labute approximate surface area is 145 Å². The van der Waals surface area contributed by atoms with Crippen LogP contribution in [0.5, 0.6) is 5.75 Å². The van der Waals surface area contributed by atoms with Gasteiger partial charge in [0, 0.05) is 17.4 Å². The summed E-state index contributed by atoms with van der Waals surface area (Å²) in [6.45, 7) is 8.22. The molecule has 4 unspecified atom stereocenters. The Morgan fingerprint density at radius 1 is 1.33 bits per heavy atom. The van der Waals surface area contributed by atoms with Crippen molar-refractivity contribution in [3.8, 4) is 5.75 Å². The summed E-state index contributed by atoms with van der Waals surface area (Å²) in [5.41, 5.74) is 4.81. The van der Waals surface area contributed by atoms with Gasteiger partial charge in [-0.05, 0) is 79.9 Å². The van der Waals surface area contributed by atoms with Gasteiger partial charge in [0.15, 0.2) is 0 Å². The number of benzene rings is 1. The second-order valence-corrected chi connectivity index (χ2v) is 8.42. The fourth-order valence-corrected chi connectivity index (χ4v) is 6.12. The van der Waals surface area contributed by atoms with E-state index in [1.807, 2.05) is 6.08 Å². The van der Waals surface area contributed by atoms with Crippen LogP contribution >= 0.6 is 0 Å². The lowest BCUT2D eigenvalue weighted by atomic mass is 9.55. The molecule has 0 saturated heterocycles. The molecule has 2 heteroatoms. The third-order valence-electron chi connectivity index (χ3n) is 7.36. The van der Waals surface area contributed by atoms with Gasteiger partial charge in [0.05, 0.1) is 0 Å². The molecule has 3 aliphatic carbocycles. The van der Waals surface area contributed by atoms with Crippen molar-refractivity contribution in [1.82, 2.24) is 0 Å². The van der Waals surface area contributed by atoms with E-state index in [0.717, 1.165) is 44.1 Å². The van der Waals surface area contributed by atoms with Gasteiger partial charge in [0.2, 0.25) is 0 Å². The van der Waals surface area contributed by atoms with Gasteiger partial charge in [0.1, 0.15) is 11.5 Å². The van der Waals surface area contributed by atoms with E-state index in [2.05, 4.69) is 26.5 Å². The topological polar surface area (TPSA) is 37.3 Å². The molecular formula is C22H28O2. The predicted molar refractivity (Wildman–Crippen MR) is 96.4 cm³/mol. The van der Waals surface area contributed by atoms with Crippen LogP contribution in [0.1, 0.15) is 67.2 Å². The first-order valence-corrected chi connectivity index (χ1v) is 9.45. The molecule has 1 N–H and O–H groups in total. The summed E-state index contributed by atoms with van der Waals surface area (Å²) in [6, 6.07) is 2.14. The molecule has 2 nitrogen and oxygen atoms in total. The summed E-state index contributed by atoms with van der Waals surface area (Å²) in [5.74, 6) is 2.50. The fraction of sp³-hybridized carbons (Fsp3) is 0.591. The number of phenolic OH excluding ortho intramolecular Hbond substituents is 1. The molecule has 0 spiro atoms. The number of phenols is 1. The summed E-state index contributed by atoms with van der Waals surface area (Å²) in [6.07, 6.45) is 8.65. The van der Waals surface area contributed by atoms with Gasteiger partial charge < -0.3 is 5.11 Å². The van der Waals surface area contributed by atoms with Crippen LogP contribution in [-0.4, -0.2) is 10.9 Å². The van der Waals surface area contributed by atoms with E-state index in [0.29, 0.717) is 29.3 Å². The van der Waals surface area contributed by atoms with Crippen molar-refractivity contribution in [1.29, 1.82) is 0 Å². The molecule has 24 heavy (non-hydrogen) atoms. The summed E-state index contributed by atoms with van der Waals surface area (Å²) in [7, 11) is 0. The first-order valence-electron chi connectivity index (χ1n) is 9.45. The number of allylic oxidation sites excluding steroid dienone is 1. The molecule has 2 fully saturated rings. The summed E-state index contributed by atoms with van der Waals surface area (Å²) in [5, 5.41) is 11.0. The van der Waals surface area contributed by atoms with E-state index in [1.165, 1.54) is 23.1 Å². The van der Waals surface area contributed by atoms with Crippen LogP contribution in [0.25, 0.3) is 0 Å². The van der Waals surface area contributed by atoms with E-state index in [1.54, 1.807) is 0 Å². The minimum absolute atomic E-state index is 0.0952. The third kappa shape index (κ3) is 2.04. The van der Waals surface area contributed by atoms with E-state index in [4.69, 9.17) is 0 Å². The molecule has 1 aromatic carbocycles. The van der Waals surface area contributed by atoms with Crippen LogP contribution in [0, 0.1) is 24.2 Å². The average molecular weight is 324 g/mol. The maximum Gasteiger partial charge on any atom is 0.139 e. The Kier molecular flexibility index (Phi) is 3.63. The lowest BCUT2D eigenvalue weighted by Crippen LogP contribution is -2.42. The zero-order chi connectivity index (χ0) is 17.1. The molecule has 0 aliphatic heterocycles. The van der Waals surface area contributed by atoms with E-state index < -0.39 is 0 Å². The van der Waals surface area contributed by atoms with Crippen molar-refractivity contribution >= 4 is 5.78 Å². The molecule has 4 atom stereocenters. The van der Waals surface area contributed by atoms with Crippen LogP contribution in [-0.2, 0) is 17.6 Å². The second-order valence-electron chi connectivity index (χ2n) is 8.42. The fourth-order valence-electron chi connectivity index (χ4n) is 6.12. The average Bonchev–Trinajstić information content (AvgIpc) is 2.87. The van der Waals surface area contributed by atoms with Crippen molar-refractivity contribution in [2.24, 2.45) is 17.3 Å². The van der Waals surface area contributed by atoms with Gasteiger partial charge in [-0.2, -0.15) is 0 Å². The lowest BCUT2D eigenvalue weighted by Gasteiger charge is -2.48. The molecule has 0 bridgehead atoms. The lowest BCUT2D eigenvalue weighted by molar-refractivity contribution is -0.129. The number of hydrogen-bond donors (Lipinski definition) is 1. The highest BCUT2D eigenvalue weighted by Crippen LogP contribution is 2.61. The first kappa shape index (κ1) is 15.9. The molecular weight excluding hydrogens is 296 g/mol. The predicted octanol–water partition coefficient (Wildman–Crippen LogP) is 4.85. The summed E-state index contributed by atoms with van der Waals surface area (Å²) >= 11 is 0. The maximum absolute atomic E-state index is 12.5. The Morgan fingerprint density at radius 3 is 2.88 bits per heavy atom. The molecule has 0 amide bonds. The number of aromatic hydroxyl groups is 1. The number of carbonyl (C=O) groups is 1. The van der Waals surface area contributed by atoms with Crippen molar-refractivity contribution in [2.75, 3.05) is 0 Å². The normalized spacial score (nSPS) is 34.4. The van der Waals surface area contributed by atoms with E-state index >= 15 is 0 Å². The number of carbonyl (C=O) groups excluding carboxylic acids is 1. The third-order valence-corrected chi connectivity index (χ3v) is 7.36. The van der Waals surface area contributed by atoms with Crippen molar-refractivity contribution in [3.63, 3.8) is 0 Å². The number of aryl methyl sites for hydroxylation is 1. The Bertz CT molecular complexity index is 717. The second kappa shape index (κ2) is 5.47. The van der Waals surface area contributed by atoms with Gasteiger partial charge in [-0.25, -0.2) is 0 Å². The monoisotopic (exact) mass is 324 g/mol. The standard InChI is InChI=1S/C22H28O2/c1-4-5-14-12-13(2)15-6-7-16-17(20(15)21(14)24)10-11-22(3)18(16)8-9-19(22)23/h4,12,16-18,24H,1,5-11H2,2-3H3. The smallest absolute Gasteiger partial charge is 0.139 e.